The lowest BCUT2D eigenvalue weighted by Crippen LogP contribution is -2.34. The molecular formula is C11H15ClN2O3. The van der Waals surface area contributed by atoms with Gasteiger partial charge in [0, 0.05) is 26.9 Å². The van der Waals surface area contributed by atoms with E-state index >= 15 is 0 Å². The highest BCUT2D eigenvalue weighted by Gasteiger charge is 2.18. The zero-order valence-electron chi connectivity index (χ0n) is 9.76. The molecule has 0 radical (unpaired) electrons. The number of pyridine rings is 1. The Morgan fingerprint density at radius 2 is 2.41 bits per heavy atom. The summed E-state index contributed by atoms with van der Waals surface area (Å²) >= 11 is 5.95. The van der Waals surface area contributed by atoms with Crippen LogP contribution in [-0.4, -0.2) is 53.6 Å². The first-order chi connectivity index (χ1) is 8.06. The Balaban J connectivity index is 2.67. The van der Waals surface area contributed by atoms with Crippen LogP contribution in [0.4, 0.5) is 0 Å². The maximum atomic E-state index is 11.9. The number of carbonyl (C=O) groups is 1. The third kappa shape index (κ3) is 3.87. The molecule has 0 saturated heterocycles. The summed E-state index contributed by atoms with van der Waals surface area (Å²) in [4.78, 5) is 17.1. The normalized spacial score (nSPS) is 12.2. The van der Waals surface area contributed by atoms with Gasteiger partial charge >= 0.3 is 0 Å². The number of hydrogen-bond donors (Lipinski definition) is 1. The third-order valence-electron chi connectivity index (χ3n) is 2.20. The number of amides is 1. The van der Waals surface area contributed by atoms with E-state index in [0.29, 0.717) is 13.2 Å². The molecule has 1 aromatic rings. The molecule has 0 aliphatic rings. The van der Waals surface area contributed by atoms with Crippen LogP contribution in [0.3, 0.4) is 0 Å². The highest BCUT2D eigenvalue weighted by atomic mass is 35.5. The van der Waals surface area contributed by atoms with Gasteiger partial charge in [0.1, 0.15) is 5.75 Å². The van der Waals surface area contributed by atoms with E-state index < -0.39 is 0 Å². The Hall–Kier alpha value is -1.33. The molecule has 0 aromatic carbocycles. The van der Waals surface area contributed by atoms with E-state index in [1.807, 2.05) is 0 Å². The molecule has 94 valence electrons. The van der Waals surface area contributed by atoms with E-state index in [9.17, 15) is 9.90 Å². The lowest BCUT2D eigenvalue weighted by molar-refractivity contribution is 0.0778. The summed E-state index contributed by atoms with van der Waals surface area (Å²) in [6.07, 6.45) is 2.68. The van der Waals surface area contributed by atoms with Gasteiger partial charge in [-0.05, 0) is 6.07 Å². The number of carbonyl (C=O) groups excluding carboxylic acids is 1. The number of nitrogens with zero attached hydrogens (tertiary/aromatic N) is 2. The van der Waals surface area contributed by atoms with Gasteiger partial charge in [-0.1, -0.05) is 0 Å². The van der Waals surface area contributed by atoms with Crippen molar-refractivity contribution < 1.29 is 14.6 Å². The lowest BCUT2D eigenvalue weighted by atomic mass is 10.2. The van der Waals surface area contributed by atoms with Crippen molar-refractivity contribution in [2.24, 2.45) is 0 Å². The molecule has 17 heavy (non-hydrogen) atoms. The zero-order chi connectivity index (χ0) is 12.8. The summed E-state index contributed by atoms with van der Waals surface area (Å²) < 4.78 is 4.88. The fourth-order valence-electron chi connectivity index (χ4n) is 1.39. The Kier molecular flexibility index (Phi) is 5.18. The van der Waals surface area contributed by atoms with Crippen molar-refractivity contribution in [3.8, 4) is 5.75 Å². The van der Waals surface area contributed by atoms with E-state index in [1.165, 1.54) is 23.4 Å². The molecule has 0 aliphatic heterocycles. The fourth-order valence-corrected chi connectivity index (χ4v) is 1.72. The largest absolute Gasteiger partial charge is 0.505 e. The number of aromatic nitrogens is 1. The Labute approximate surface area is 105 Å². The van der Waals surface area contributed by atoms with Gasteiger partial charge in [0.15, 0.2) is 0 Å². The second kappa shape index (κ2) is 6.42. The van der Waals surface area contributed by atoms with Crippen molar-refractivity contribution in [3.63, 3.8) is 0 Å². The van der Waals surface area contributed by atoms with Crippen molar-refractivity contribution >= 4 is 17.5 Å². The first kappa shape index (κ1) is 13.7. The molecule has 0 saturated carbocycles. The molecule has 1 unspecified atom stereocenters. The number of methoxy groups -OCH3 is 1. The molecular weight excluding hydrogens is 244 g/mol. The van der Waals surface area contributed by atoms with Gasteiger partial charge in [0.2, 0.25) is 0 Å². The standard InChI is InChI=1S/C11H15ClN2O3/c1-14(6-8(12)7-17-2)11(16)9-3-4-13-5-10(9)15/h3-5,8,15H,6-7H2,1-2H3. The van der Waals surface area contributed by atoms with Gasteiger partial charge in [0.25, 0.3) is 5.91 Å². The molecule has 1 N–H and O–H groups in total. The molecule has 0 fully saturated rings. The van der Waals surface area contributed by atoms with Crippen LogP contribution in [0.25, 0.3) is 0 Å². The molecule has 1 atom stereocenters. The van der Waals surface area contributed by atoms with Crippen molar-refractivity contribution in [3.05, 3.63) is 24.0 Å². The van der Waals surface area contributed by atoms with E-state index in [1.54, 1.807) is 14.2 Å². The van der Waals surface area contributed by atoms with Crippen molar-refractivity contribution in [2.45, 2.75) is 5.38 Å². The number of alkyl halides is 1. The SMILES string of the molecule is COCC(Cl)CN(C)C(=O)c1ccncc1O. The van der Waals surface area contributed by atoms with Gasteiger partial charge in [-0.2, -0.15) is 0 Å². The quantitative estimate of drug-likeness (QED) is 0.804. The summed E-state index contributed by atoms with van der Waals surface area (Å²) in [7, 11) is 3.17. The Morgan fingerprint density at radius 1 is 1.71 bits per heavy atom. The number of aromatic hydroxyl groups is 1. The van der Waals surface area contributed by atoms with E-state index in [0.717, 1.165) is 0 Å². The van der Waals surface area contributed by atoms with E-state index in [2.05, 4.69) is 4.98 Å². The van der Waals surface area contributed by atoms with E-state index in [4.69, 9.17) is 16.3 Å². The minimum absolute atomic E-state index is 0.137. The number of hydrogen-bond acceptors (Lipinski definition) is 4. The zero-order valence-corrected chi connectivity index (χ0v) is 10.5. The van der Waals surface area contributed by atoms with Crippen LogP contribution in [0.2, 0.25) is 0 Å². The maximum Gasteiger partial charge on any atom is 0.257 e. The number of rotatable bonds is 5. The van der Waals surface area contributed by atoms with Gasteiger partial charge in [-0.25, -0.2) is 0 Å². The van der Waals surface area contributed by atoms with Crippen LogP contribution >= 0.6 is 11.6 Å². The third-order valence-corrected chi connectivity index (χ3v) is 2.46. The van der Waals surface area contributed by atoms with Gasteiger partial charge < -0.3 is 14.7 Å². The summed E-state index contributed by atoms with van der Waals surface area (Å²) in [5, 5.41) is 9.22. The molecule has 5 nitrogen and oxygen atoms in total. The molecule has 6 heteroatoms. The Bertz CT molecular complexity index is 387. The highest BCUT2D eigenvalue weighted by Crippen LogP contribution is 2.16. The molecule has 1 amide bonds. The van der Waals surface area contributed by atoms with Crippen molar-refractivity contribution in [2.75, 3.05) is 27.3 Å². The molecule has 1 rings (SSSR count). The summed E-state index contributed by atoms with van der Waals surface area (Å²) in [6.45, 7) is 0.706. The second-order valence-electron chi connectivity index (χ2n) is 3.63. The average Bonchev–Trinajstić information content (AvgIpc) is 2.29. The smallest absolute Gasteiger partial charge is 0.257 e. The van der Waals surface area contributed by atoms with Crippen LogP contribution in [0.1, 0.15) is 10.4 Å². The highest BCUT2D eigenvalue weighted by molar-refractivity contribution is 6.21. The van der Waals surface area contributed by atoms with Crippen molar-refractivity contribution in [1.29, 1.82) is 0 Å². The summed E-state index contributed by atoms with van der Waals surface area (Å²) in [6, 6.07) is 1.47. The fraction of sp³-hybridized carbons (Fsp3) is 0.455. The first-order valence-electron chi connectivity index (χ1n) is 5.07. The van der Waals surface area contributed by atoms with Gasteiger partial charge in [-0.15, -0.1) is 11.6 Å². The van der Waals surface area contributed by atoms with Crippen molar-refractivity contribution in [1.82, 2.24) is 9.88 Å². The van der Waals surface area contributed by atoms with Gasteiger partial charge in [0.05, 0.1) is 23.7 Å². The lowest BCUT2D eigenvalue weighted by Gasteiger charge is -2.20. The summed E-state index contributed by atoms with van der Waals surface area (Å²) in [5.74, 6) is -0.436. The van der Waals surface area contributed by atoms with Crippen LogP contribution in [0.15, 0.2) is 18.5 Å². The van der Waals surface area contributed by atoms with Crippen LogP contribution in [0.5, 0.6) is 5.75 Å². The average molecular weight is 259 g/mol. The number of halogens is 1. The Morgan fingerprint density at radius 3 is 3.00 bits per heavy atom. The second-order valence-corrected chi connectivity index (χ2v) is 4.25. The first-order valence-corrected chi connectivity index (χ1v) is 5.51. The molecule has 1 heterocycles. The molecule has 1 aromatic heterocycles. The predicted molar refractivity (Wildman–Crippen MR) is 64.4 cm³/mol. The molecule has 0 spiro atoms. The summed E-state index contributed by atoms with van der Waals surface area (Å²) in [5.41, 5.74) is 0.212. The topological polar surface area (TPSA) is 62.7 Å². The van der Waals surface area contributed by atoms with Crippen LogP contribution in [0, 0.1) is 0 Å². The predicted octanol–water partition coefficient (Wildman–Crippen LogP) is 1.11. The van der Waals surface area contributed by atoms with Gasteiger partial charge in [-0.3, -0.25) is 9.78 Å². The minimum atomic E-state index is -0.299. The molecule has 0 bridgehead atoms. The monoisotopic (exact) mass is 258 g/mol. The number of ether oxygens (including phenoxy) is 1. The van der Waals surface area contributed by atoms with E-state index in [-0.39, 0.29) is 22.6 Å². The van der Waals surface area contributed by atoms with Crippen LogP contribution < -0.4 is 0 Å². The van der Waals surface area contributed by atoms with Crippen LogP contribution in [-0.2, 0) is 4.74 Å². The maximum absolute atomic E-state index is 11.9. The molecule has 0 aliphatic carbocycles. The minimum Gasteiger partial charge on any atom is -0.505 e.